The Labute approximate surface area is 151 Å². The fourth-order valence-electron chi connectivity index (χ4n) is 2.68. The highest BCUT2D eigenvalue weighted by Crippen LogP contribution is 2.24. The minimum absolute atomic E-state index is 0.0709. The Kier molecular flexibility index (Phi) is 5.53. The van der Waals surface area contributed by atoms with Gasteiger partial charge in [-0.2, -0.15) is 0 Å². The lowest BCUT2D eigenvalue weighted by molar-refractivity contribution is -0.118. The summed E-state index contributed by atoms with van der Waals surface area (Å²) in [6, 6.07) is 13.1. The average molecular weight is 348 g/mol. The van der Waals surface area contributed by atoms with Crippen LogP contribution in [0.5, 0.6) is 0 Å². The van der Waals surface area contributed by atoms with E-state index in [1.165, 1.54) is 6.92 Å². The van der Waals surface area contributed by atoms with Crippen LogP contribution in [0.25, 0.3) is 22.2 Å². The summed E-state index contributed by atoms with van der Waals surface area (Å²) in [6.07, 6.45) is 4.08. The number of rotatable bonds is 6. The van der Waals surface area contributed by atoms with Crippen molar-refractivity contribution in [2.75, 3.05) is 13.1 Å². The van der Waals surface area contributed by atoms with Crippen molar-refractivity contribution in [2.45, 2.75) is 13.3 Å². The number of para-hydroxylation sites is 1. The number of nitrogens with one attached hydrogen (secondary N) is 2. The third-order valence-corrected chi connectivity index (χ3v) is 3.95. The molecule has 0 aliphatic carbocycles. The number of amides is 2. The van der Waals surface area contributed by atoms with E-state index in [0.717, 1.165) is 22.2 Å². The maximum atomic E-state index is 12.7. The van der Waals surface area contributed by atoms with Crippen molar-refractivity contribution >= 4 is 22.7 Å². The highest BCUT2D eigenvalue weighted by molar-refractivity contribution is 6.07. The van der Waals surface area contributed by atoms with Gasteiger partial charge in [0.15, 0.2) is 0 Å². The second kappa shape index (κ2) is 8.20. The van der Waals surface area contributed by atoms with Crippen LogP contribution in [0.2, 0.25) is 0 Å². The summed E-state index contributed by atoms with van der Waals surface area (Å²) in [5.41, 5.74) is 2.99. The van der Waals surface area contributed by atoms with Crippen LogP contribution >= 0.6 is 0 Å². The zero-order valence-corrected chi connectivity index (χ0v) is 14.5. The summed E-state index contributed by atoms with van der Waals surface area (Å²) in [7, 11) is 0. The van der Waals surface area contributed by atoms with E-state index in [4.69, 9.17) is 0 Å². The number of pyridine rings is 2. The molecule has 3 aromatic rings. The van der Waals surface area contributed by atoms with Gasteiger partial charge in [-0.1, -0.05) is 18.2 Å². The quantitative estimate of drug-likeness (QED) is 0.671. The van der Waals surface area contributed by atoms with Gasteiger partial charge < -0.3 is 10.6 Å². The summed E-state index contributed by atoms with van der Waals surface area (Å²) in [5.74, 6) is -0.222. The molecule has 2 aromatic heterocycles. The maximum absolute atomic E-state index is 12.7. The third-order valence-electron chi connectivity index (χ3n) is 3.95. The second-order valence-corrected chi connectivity index (χ2v) is 5.90. The first-order valence-electron chi connectivity index (χ1n) is 8.48. The van der Waals surface area contributed by atoms with Crippen LogP contribution in [-0.4, -0.2) is 34.9 Å². The zero-order valence-electron chi connectivity index (χ0n) is 14.5. The summed E-state index contributed by atoms with van der Waals surface area (Å²) < 4.78 is 0. The maximum Gasteiger partial charge on any atom is 0.252 e. The highest BCUT2D eigenvalue weighted by atomic mass is 16.2. The molecule has 2 N–H and O–H groups in total. The molecule has 0 aliphatic rings. The molecule has 0 fully saturated rings. The summed E-state index contributed by atoms with van der Waals surface area (Å²) in [6.45, 7) is 2.50. The molecule has 1 aromatic carbocycles. The van der Waals surface area contributed by atoms with Crippen molar-refractivity contribution in [1.29, 1.82) is 0 Å². The first kappa shape index (κ1) is 17.5. The Bertz CT molecular complexity index is 926. The van der Waals surface area contributed by atoms with Crippen molar-refractivity contribution in [2.24, 2.45) is 0 Å². The molecule has 0 bridgehead atoms. The molecule has 0 saturated heterocycles. The van der Waals surface area contributed by atoms with Gasteiger partial charge in [-0.25, -0.2) is 4.98 Å². The number of carbonyl (C=O) groups excluding carboxylic acids is 2. The minimum Gasteiger partial charge on any atom is -0.356 e. The van der Waals surface area contributed by atoms with Gasteiger partial charge in [0.1, 0.15) is 0 Å². The lowest BCUT2D eigenvalue weighted by atomic mass is 10.0. The van der Waals surface area contributed by atoms with E-state index in [-0.39, 0.29) is 11.8 Å². The average Bonchev–Trinajstić information content (AvgIpc) is 2.67. The molecule has 0 spiro atoms. The van der Waals surface area contributed by atoms with Crippen LogP contribution in [0.4, 0.5) is 0 Å². The molecular weight excluding hydrogens is 328 g/mol. The smallest absolute Gasteiger partial charge is 0.252 e. The van der Waals surface area contributed by atoms with E-state index in [2.05, 4.69) is 20.6 Å². The molecule has 0 atom stereocenters. The van der Waals surface area contributed by atoms with Crippen LogP contribution in [0.3, 0.4) is 0 Å². The predicted molar refractivity (Wildman–Crippen MR) is 101 cm³/mol. The van der Waals surface area contributed by atoms with Gasteiger partial charge in [-0.3, -0.25) is 14.6 Å². The van der Waals surface area contributed by atoms with Crippen molar-refractivity contribution in [3.8, 4) is 11.3 Å². The Balaban J connectivity index is 1.84. The van der Waals surface area contributed by atoms with E-state index in [0.29, 0.717) is 25.1 Å². The molecule has 2 heterocycles. The number of hydrogen-bond donors (Lipinski definition) is 2. The van der Waals surface area contributed by atoms with E-state index in [1.54, 1.807) is 18.5 Å². The second-order valence-electron chi connectivity index (χ2n) is 5.90. The van der Waals surface area contributed by atoms with Crippen molar-refractivity contribution in [3.05, 3.63) is 60.4 Å². The SMILES string of the molecule is CC(=O)NCCCNC(=O)c1cc(-c2ccncc2)nc2ccccc12. The molecule has 132 valence electrons. The molecule has 0 unspecified atom stereocenters. The van der Waals surface area contributed by atoms with Crippen LogP contribution in [0, 0.1) is 0 Å². The fourth-order valence-corrected chi connectivity index (χ4v) is 2.68. The van der Waals surface area contributed by atoms with Crippen LogP contribution in [-0.2, 0) is 4.79 Å². The monoisotopic (exact) mass is 348 g/mol. The Hall–Kier alpha value is -3.28. The topological polar surface area (TPSA) is 84.0 Å². The molecule has 0 radical (unpaired) electrons. The molecule has 3 rings (SSSR count). The molecule has 6 heteroatoms. The number of benzene rings is 1. The largest absolute Gasteiger partial charge is 0.356 e. The summed E-state index contributed by atoms with van der Waals surface area (Å²) >= 11 is 0. The van der Waals surface area contributed by atoms with Gasteiger partial charge >= 0.3 is 0 Å². The van der Waals surface area contributed by atoms with Gasteiger partial charge in [0.05, 0.1) is 16.8 Å². The molecule has 0 aliphatic heterocycles. The van der Waals surface area contributed by atoms with E-state index >= 15 is 0 Å². The van der Waals surface area contributed by atoms with E-state index < -0.39 is 0 Å². The lowest BCUT2D eigenvalue weighted by Gasteiger charge is -2.11. The van der Waals surface area contributed by atoms with Crippen LogP contribution in [0.1, 0.15) is 23.7 Å². The van der Waals surface area contributed by atoms with Crippen molar-refractivity contribution < 1.29 is 9.59 Å². The number of carbonyl (C=O) groups is 2. The van der Waals surface area contributed by atoms with Gasteiger partial charge in [-0.05, 0) is 30.7 Å². The standard InChI is InChI=1S/C20H20N4O2/c1-14(25)22-9-4-10-23-20(26)17-13-19(15-7-11-21-12-8-15)24-18-6-3-2-5-16(17)18/h2-3,5-8,11-13H,4,9-10H2,1H3,(H,22,25)(H,23,26). The van der Waals surface area contributed by atoms with E-state index in [9.17, 15) is 9.59 Å². The third kappa shape index (κ3) is 4.22. The normalized spacial score (nSPS) is 10.5. The van der Waals surface area contributed by atoms with Gasteiger partial charge in [0.2, 0.25) is 5.91 Å². The minimum atomic E-state index is -0.151. The number of hydrogen-bond acceptors (Lipinski definition) is 4. The van der Waals surface area contributed by atoms with Crippen LogP contribution < -0.4 is 10.6 Å². The molecule has 2 amide bonds. The molecule has 26 heavy (non-hydrogen) atoms. The number of fused-ring (bicyclic) bond motifs is 1. The summed E-state index contributed by atoms with van der Waals surface area (Å²) in [5, 5.41) is 6.44. The van der Waals surface area contributed by atoms with Gasteiger partial charge in [0.25, 0.3) is 5.91 Å². The Morgan fingerprint density at radius 2 is 1.73 bits per heavy atom. The summed E-state index contributed by atoms with van der Waals surface area (Å²) in [4.78, 5) is 32.3. The molecule has 6 nitrogen and oxygen atoms in total. The molecular formula is C20H20N4O2. The van der Waals surface area contributed by atoms with E-state index in [1.807, 2.05) is 36.4 Å². The number of aromatic nitrogens is 2. The zero-order chi connectivity index (χ0) is 18.4. The van der Waals surface area contributed by atoms with Crippen molar-refractivity contribution in [3.63, 3.8) is 0 Å². The Morgan fingerprint density at radius 1 is 1.00 bits per heavy atom. The van der Waals surface area contributed by atoms with Crippen molar-refractivity contribution in [1.82, 2.24) is 20.6 Å². The lowest BCUT2D eigenvalue weighted by Crippen LogP contribution is -2.29. The number of nitrogens with zero attached hydrogens (tertiary/aromatic N) is 2. The van der Waals surface area contributed by atoms with Crippen LogP contribution in [0.15, 0.2) is 54.9 Å². The molecule has 0 saturated carbocycles. The fraction of sp³-hybridized carbons (Fsp3) is 0.200. The Morgan fingerprint density at radius 3 is 2.50 bits per heavy atom. The first-order valence-corrected chi connectivity index (χ1v) is 8.48. The highest BCUT2D eigenvalue weighted by Gasteiger charge is 2.13. The van der Waals surface area contributed by atoms with Gasteiger partial charge in [0, 0.05) is 43.4 Å². The first-order chi connectivity index (χ1) is 12.6. The van der Waals surface area contributed by atoms with Gasteiger partial charge in [-0.15, -0.1) is 0 Å². The predicted octanol–water partition coefficient (Wildman–Crippen LogP) is 2.55.